The lowest BCUT2D eigenvalue weighted by atomic mass is 10.1. The minimum Gasteiger partial charge on any atom is -0.0837 e. The van der Waals surface area contributed by atoms with Crippen molar-refractivity contribution in [3.63, 3.8) is 0 Å². The molecular formula is C10H6ClI. The first-order valence-corrected chi connectivity index (χ1v) is 5.07. The van der Waals surface area contributed by atoms with Gasteiger partial charge in [0.05, 0.1) is 0 Å². The lowest BCUT2D eigenvalue weighted by molar-refractivity contribution is 1.70. The summed E-state index contributed by atoms with van der Waals surface area (Å²) in [6.07, 6.45) is 0. The van der Waals surface area contributed by atoms with E-state index in [0.29, 0.717) is 0 Å². The SMILES string of the molecule is Clc1cccc2cc(I)ccc12. The van der Waals surface area contributed by atoms with E-state index in [1.807, 2.05) is 12.1 Å². The Labute approximate surface area is 89.7 Å². The van der Waals surface area contributed by atoms with Gasteiger partial charge < -0.3 is 0 Å². The van der Waals surface area contributed by atoms with Gasteiger partial charge in [-0.25, -0.2) is 0 Å². The van der Waals surface area contributed by atoms with Crippen molar-refractivity contribution in [1.82, 2.24) is 0 Å². The van der Waals surface area contributed by atoms with E-state index in [1.54, 1.807) is 0 Å². The monoisotopic (exact) mass is 288 g/mol. The first kappa shape index (κ1) is 8.32. The molecule has 0 amide bonds. The zero-order valence-corrected chi connectivity index (χ0v) is 9.13. The Morgan fingerprint density at radius 2 is 1.92 bits per heavy atom. The number of halogens is 2. The molecule has 0 spiro atoms. The van der Waals surface area contributed by atoms with Gasteiger partial charge in [0.15, 0.2) is 0 Å². The highest BCUT2D eigenvalue weighted by molar-refractivity contribution is 14.1. The Balaban J connectivity index is 2.86. The smallest absolute Gasteiger partial charge is 0.0484 e. The molecule has 0 aliphatic carbocycles. The van der Waals surface area contributed by atoms with E-state index >= 15 is 0 Å². The van der Waals surface area contributed by atoms with Crippen molar-refractivity contribution >= 4 is 45.0 Å². The molecule has 0 aromatic heterocycles. The molecule has 0 bridgehead atoms. The fraction of sp³-hybridized carbons (Fsp3) is 0. The van der Waals surface area contributed by atoms with Gasteiger partial charge in [-0.2, -0.15) is 0 Å². The van der Waals surface area contributed by atoms with E-state index in [4.69, 9.17) is 11.6 Å². The van der Waals surface area contributed by atoms with Gasteiger partial charge in [-0.15, -0.1) is 0 Å². The van der Waals surface area contributed by atoms with Crippen molar-refractivity contribution in [2.45, 2.75) is 0 Å². The largest absolute Gasteiger partial charge is 0.0837 e. The fourth-order valence-electron chi connectivity index (χ4n) is 1.22. The molecule has 0 atom stereocenters. The Bertz CT molecular complexity index is 423. The second-order valence-corrected chi connectivity index (χ2v) is 4.26. The van der Waals surface area contributed by atoms with Crippen LogP contribution >= 0.6 is 34.2 Å². The Morgan fingerprint density at radius 1 is 1.08 bits per heavy atom. The lowest BCUT2D eigenvalue weighted by Crippen LogP contribution is -1.75. The highest BCUT2D eigenvalue weighted by atomic mass is 127. The number of hydrogen-bond donors (Lipinski definition) is 0. The number of fused-ring (bicyclic) bond motifs is 1. The number of hydrogen-bond acceptors (Lipinski definition) is 0. The Hall–Kier alpha value is -0.280. The van der Waals surface area contributed by atoms with Gasteiger partial charge in [0.25, 0.3) is 0 Å². The van der Waals surface area contributed by atoms with Gasteiger partial charge in [0.2, 0.25) is 0 Å². The van der Waals surface area contributed by atoms with Crippen LogP contribution in [-0.2, 0) is 0 Å². The molecule has 0 heterocycles. The Morgan fingerprint density at radius 3 is 2.75 bits per heavy atom. The maximum Gasteiger partial charge on any atom is 0.0484 e. The van der Waals surface area contributed by atoms with Crippen LogP contribution in [0.3, 0.4) is 0 Å². The molecule has 2 aromatic carbocycles. The van der Waals surface area contributed by atoms with Crippen LogP contribution in [0.25, 0.3) is 10.8 Å². The molecule has 2 aromatic rings. The molecule has 0 radical (unpaired) electrons. The molecule has 0 aliphatic heterocycles. The van der Waals surface area contributed by atoms with Crippen LogP contribution in [0, 0.1) is 3.57 Å². The molecule has 0 aliphatic rings. The van der Waals surface area contributed by atoms with Crippen LogP contribution in [0.2, 0.25) is 5.02 Å². The van der Waals surface area contributed by atoms with E-state index in [2.05, 4.69) is 46.9 Å². The molecular weight excluding hydrogens is 282 g/mol. The minimum absolute atomic E-state index is 0.823. The van der Waals surface area contributed by atoms with Crippen LogP contribution in [0.15, 0.2) is 36.4 Å². The van der Waals surface area contributed by atoms with Crippen molar-refractivity contribution in [1.29, 1.82) is 0 Å². The molecule has 2 rings (SSSR count). The van der Waals surface area contributed by atoms with Crippen LogP contribution in [0.4, 0.5) is 0 Å². The van der Waals surface area contributed by atoms with Crippen LogP contribution < -0.4 is 0 Å². The lowest BCUT2D eigenvalue weighted by Gasteiger charge is -1.99. The third-order valence-electron chi connectivity index (χ3n) is 1.79. The molecule has 0 saturated carbocycles. The fourth-order valence-corrected chi connectivity index (χ4v) is 1.98. The first-order chi connectivity index (χ1) is 5.77. The van der Waals surface area contributed by atoms with E-state index in [9.17, 15) is 0 Å². The molecule has 0 saturated heterocycles. The molecule has 0 N–H and O–H groups in total. The molecule has 0 fully saturated rings. The van der Waals surface area contributed by atoms with E-state index in [0.717, 1.165) is 10.4 Å². The van der Waals surface area contributed by atoms with Gasteiger partial charge in [-0.05, 0) is 46.2 Å². The maximum absolute atomic E-state index is 6.01. The molecule has 2 heteroatoms. The summed E-state index contributed by atoms with van der Waals surface area (Å²) >= 11 is 8.30. The summed E-state index contributed by atoms with van der Waals surface area (Å²) in [7, 11) is 0. The van der Waals surface area contributed by atoms with Gasteiger partial charge in [-0.1, -0.05) is 29.8 Å². The summed E-state index contributed by atoms with van der Waals surface area (Å²) in [4.78, 5) is 0. The van der Waals surface area contributed by atoms with E-state index in [-0.39, 0.29) is 0 Å². The highest BCUT2D eigenvalue weighted by Gasteiger charge is 1.97. The van der Waals surface area contributed by atoms with Crippen molar-refractivity contribution < 1.29 is 0 Å². The van der Waals surface area contributed by atoms with Crippen molar-refractivity contribution in [3.05, 3.63) is 45.0 Å². The quantitative estimate of drug-likeness (QED) is 0.640. The third-order valence-corrected chi connectivity index (χ3v) is 2.79. The topological polar surface area (TPSA) is 0 Å². The molecule has 12 heavy (non-hydrogen) atoms. The standard InChI is InChI=1S/C10H6ClI/c11-10-3-1-2-7-6-8(12)4-5-9(7)10/h1-6H. The predicted molar refractivity (Wildman–Crippen MR) is 61.7 cm³/mol. The predicted octanol–water partition coefficient (Wildman–Crippen LogP) is 4.10. The summed E-state index contributed by atoms with van der Waals surface area (Å²) in [5.41, 5.74) is 0. The maximum atomic E-state index is 6.01. The first-order valence-electron chi connectivity index (χ1n) is 3.61. The summed E-state index contributed by atoms with van der Waals surface area (Å²) in [6, 6.07) is 12.2. The van der Waals surface area contributed by atoms with Crippen LogP contribution in [0.1, 0.15) is 0 Å². The summed E-state index contributed by atoms with van der Waals surface area (Å²) in [5.74, 6) is 0. The van der Waals surface area contributed by atoms with Crippen LogP contribution in [-0.4, -0.2) is 0 Å². The molecule has 0 nitrogen and oxygen atoms in total. The highest BCUT2D eigenvalue weighted by Crippen LogP contribution is 2.24. The van der Waals surface area contributed by atoms with Gasteiger partial charge in [-0.3, -0.25) is 0 Å². The zero-order chi connectivity index (χ0) is 8.55. The molecule has 0 unspecified atom stereocenters. The zero-order valence-electron chi connectivity index (χ0n) is 6.22. The normalized spacial score (nSPS) is 10.5. The van der Waals surface area contributed by atoms with Gasteiger partial charge >= 0.3 is 0 Å². The summed E-state index contributed by atoms with van der Waals surface area (Å²) < 4.78 is 1.24. The Kier molecular flexibility index (Phi) is 2.24. The number of rotatable bonds is 0. The summed E-state index contributed by atoms with van der Waals surface area (Å²) in [6.45, 7) is 0. The third kappa shape index (κ3) is 1.43. The van der Waals surface area contributed by atoms with Crippen molar-refractivity contribution in [2.24, 2.45) is 0 Å². The molecule has 60 valence electrons. The summed E-state index contributed by atoms with van der Waals surface area (Å²) in [5, 5.41) is 3.15. The number of benzene rings is 2. The van der Waals surface area contributed by atoms with Crippen LogP contribution in [0.5, 0.6) is 0 Å². The van der Waals surface area contributed by atoms with Gasteiger partial charge in [0, 0.05) is 14.0 Å². The second-order valence-electron chi connectivity index (χ2n) is 2.61. The second kappa shape index (κ2) is 3.23. The average molecular weight is 289 g/mol. The minimum atomic E-state index is 0.823. The van der Waals surface area contributed by atoms with E-state index < -0.39 is 0 Å². The van der Waals surface area contributed by atoms with Crippen molar-refractivity contribution in [3.8, 4) is 0 Å². The van der Waals surface area contributed by atoms with Crippen molar-refractivity contribution in [2.75, 3.05) is 0 Å². The van der Waals surface area contributed by atoms with E-state index in [1.165, 1.54) is 8.96 Å². The van der Waals surface area contributed by atoms with Gasteiger partial charge in [0.1, 0.15) is 0 Å². The average Bonchev–Trinajstić information content (AvgIpc) is 2.04.